The van der Waals surface area contributed by atoms with Gasteiger partial charge in [0.15, 0.2) is 0 Å². The fourth-order valence-corrected chi connectivity index (χ4v) is 3.12. The predicted octanol–water partition coefficient (Wildman–Crippen LogP) is 1.41. The number of nitrogens with zero attached hydrogens (tertiary/aromatic N) is 3. The van der Waals surface area contributed by atoms with Gasteiger partial charge in [-0.1, -0.05) is 6.07 Å². The first-order valence-corrected chi connectivity index (χ1v) is 7.76. The fraction of sp³-hybridized carbons (Fsp3) is 0.375. The first-order chi connectivity index (χ1) is 12.1. The number of carbonyl (C=O) groups excluding carboxylic acids is 4. The van der Waals surface area contributed by atoms with Crippen LogP contribution in [0.5, 0.6) is 0 Å². The van der Waals surface area contributed by atoms with Gasteiger partial charge >= 0.3 is 24.0 Å². The number of hydrogen-bond acceptors (Lipinski definition) is 4. The van der Waals surface area contributed by atoms with Crippen LogP contribution < -0.4 is 4.90 Å². The molecule has 0 N–H and O–H groups in total. The molecule has 5 amide bonds. The van der Waals surface area contributed by atoms with Crippen LogP contribution in [0.3, 0.4) is 0 Å². The lowest BCUT2D eigenvalue weighted by molar-refractivity contribution is -0.143. The van der Waals surface area contributed by atoms with Gasteiger partial charge in [-0.3, -0.25) is 19.3 Å². The summed E-state index contributed by atoms with van der Waals surface area (Å²) in [5, 5.41) is 0. The Kier molecular flexibility index (Phi) is 4.21. The molecule has 26 heavy (non-hydrogen) atoms. The van der Waals surface area contributed by atoms with E-state index in [9.17, 15) is 32.3 Å². The first kappa shape index (κ1) is 17.9. The van der Waals surface area contributed by atoms with Crippen LogP contribution in [0.1, 0.15) is 17.5 Å². The molecule has 0 aliphatic carbocycles. The van der Waals surface area contributed by atoms with Crippen molar-refractivity contribution in [1.82, 2.24) is 9.80 Å². The second-order valence-corrected chi connectivity index (χ2v) is 5.99. The Bertz CT molecular complexity index is 821. The zero-order valence-corrected chi connectivity index (χ0v) is 13.7. The van der Waals surface area contributed by atoms with E-state index in [0.29, 0.717) is 16.2 Å². The quantitative estimate of drug-likeness (QED) is 0.583. The smallest absolute Gasteiger partial charge is 0.311 e. The Labute approximate surface area is 145 Å². The molecule has 2 heterocycles. The number of likely N-dealkylation sites (N-methyl/N-ethyl adjacent to an activating group) is 1. The van der Waals surface area contributed by atoms with Crippen molar-refractivity contribution in [2.45, 2.75) is 19.0 Å². The van der Waals surface area contributed by atoms with Crippen LogP contribution in [-0.4, -0.2) is 53.7 Å². The van der Waals surface area contributed by atoms with Gasteiger partial charge in [0.25, 0.3) is 0 Å². The maximum absolute atomic E-state index is 13.2. The second kappa shape index (κ2) is 6.11. The van der Waals surface area contributed by atoms with Gasteiger partial charge in [-0.15, -0.1) is 0 Å². The summed E-state index contributed by atoms with van der Waals surface area (Å²) in [4.78, 5) is 49.9. The van der Waals surface area contributed by atoms with Gasteiger partial charge in [-0.25, -0.2) is 9.69 Å². The molecule has 0 spiro atoms. The topological polar surface area (TPSA) is 78.0 Å². The summed E-state index contributed by atoms with van der Waals surface area (Å²) in [5.74, 6) is -2.91. The second-order valence-electron chi connectivity index (χ2n) is 5.99. The highest BCUT2D eigenvalue weighted by Crippen LogP contribution is 2.39. The molecule has 1 saturated heterocycles. The van der Waals surface area contributed by atoms with Crippen molar-refractivity contribution in [1.29, 1.82) is 0 Å². The standard InChI is InChI=1S/C16H14F3N3O4/c1-20-13(24)14(25)22(15(20)26)8-12(23)21-7-3-4-9-10(16(17,18)19)5-2-6-11(9)21/h2,5-6H,3-4,7-8H2,1H3. The van der Waals surface area contributed by atoms with E-state index in [1.807, 2.05) is 0 Å². The molecule has 0 bridgehead atoms. The molecule has 3 rings (SSSR count). The Morgan fingerprint density at radius 1 is 1.15 bits per heavy atom. The molecule has 0 saturated carbocycles. The van der Waals surface area contributed by atoms with Crippen LogP contribution in [0.2, 0.25) is 0 Å². The molecule has 0 aromatic heterocycles. The highest BCUT2D eigenvalue weighted by molar-refractivity contribution is 6.45. The zero-order valence-electron chi connectivity index (χ0n) is 13.7. The maximum atomic E-state index is 13.2. The number of alkyl halides is 3. The summed E-state index contributed by atoms with van der Waals surface area (Å²) in [6.07, 6.45) is -4.07. The molecule has 0 atom stereocenters. The minimum Gasteiger partial charge on any atom is -0.311 e. The van der Waals surface area contributed by atoms with Crippen molar-refractivity contribution in [3.63, 3.8) is 0 Å². The van der Waals surface area contributed by atoms with E-state index in [1.165, 1.54) is 12.1 Å². The fourth-order valence-electron chi connectivity index (χ4n) is 3.12. The Morgan fingerprint density at radius 2 is 1.85 bits per heavy atom. The van der Waals surface area contributed by atoms with Crippen LogP contribution in [-0.2, 0) is 27.0 Å². The highest BCUT2D eigenvalue weighted by atomic mass is 19.4. The number of rotatable bonds is 2. The Balaban J connectivity index is 1.89. The lowest BCUT2D eigenvalue weighted by atomic mass is 9.96. The van der Waals surface area contributed by atoms with Gasteiger partial charge in [0.05, 0.1) is 5.56 Å². The van der Waals surface area contributed by atoms with E-state index in [4.69, 9.17) is 0 Å². The van der Waals surface area contributed by atoms with E-state index in [2.05, 4.69) is 0 Å². The van der Waals surface area contributed by atoms with Crippen LogP contribution in [0.25, 0.3) is 0 Å². The number of benzene rings is 1. The van der Waals surface area contributed by atoms with Crippen LogP contribution in [0.4, 0.5) is 23.7 Å². The van der Waals surface area contributed by atoms with Gasteiger partial charge in [0, 0.05) is 19.3 Å². The number of imide groups is 2. The third kappa shape index (κ3) is 2.80. The molecule has 0 radical (unpaired) electrons. The number of amides is 5. The lowest BCUT2D eigenvalue weighted by Gasteiger charge is -2.32. The molecule has 2 aliphatic heterocycles. The number of fused-ring (bicyclic) bond motifs is 1. The third-order valence-electron chi connectivity index (χ3n) is 4.40. The molecular weight excluding hydrogens is 355 g/mol. The summed E-state index contributed by atoms with van der Waals surface area (Å²) >= 11 is 0. The molecule has 2 aliphatic rings. The van der Waals surface area contributed by atoms with Crippen LogP contribution in [0.15, 0.2) is 18.2 Å². The first-order valence-electron chi connectivity index (χ1n) is 7.76. The van der Waals surface area contributed by atoms with Crippen LogP contribution >= 0.6 is 0 Å². The Morgan fingerprint density at radius 3 is 2.42 bits per heavy atom. The number of halogens is 3. The molecule has 138 valence electrons. The van der Waals surface area contributed by atoms with Crippen molar-refractivity contribution in [3.05, 3.63) is 29.3 Å². The minimum absolute atomic E-state index is 0.00636. The number of hydrogen-bond donors (Lipinski definition) is 0. The number of carbonyl (C=O) groups is 4. The number of urea groups is 1. The predicted molar refractivity (Wildman–Crippen MR) is 82.0 cm³/mol. The van der Waals surface area contributed by atoms with Gasteiger partial charge < -0.3 is 4.90 Å². The average molecular weight is 369 g/mol. The summed E-state index contributed by atoms with van der Waals surface area (Å²) < 4.78 is 39.5. The van der Waals surface area contributed by atoms with Crippen molar-refractivity contribution in [3.8, 4) is 0 Å². The summed E-state index contributed by atoms with van der Waals surface area (Å²) in [6, 6.07) is 2.62. The van der Waals surface area contributed by atoms with Gasteiger partial charge in [0.2, 0.25) is 5.91 Å². The molecule has 1 fully saturated rings. The van der Waals surface area contributed by atoms with E-state index in [-0.39, 0.29) is 24.2 Å². The molecule has 0 unspecified atom stereocenters. The summed E-state index contributed by atoms with van der Waals surface area (Å²) in [5.41, 5.74) is -0.697. The summed E-state index contributed by atoms with van der Waals surface area (Å²) in [7, 11) is 1.11. The van der Waals surface area contributed by atoms with E-state index >= 15 is 0 Å². The highest BCUT2D eigenvalue weighted by Gasteiger charge is 2.44. The maximum Gasteiger partial charge on any atom is 0.416 e. The van der Waals surface area contributed by atoms with Crippen molar-refractivity contribution in [2.24, 2.45) is 0 Å². The van der Waals surface area contributed by atoms with E-state index in [1.54, 1.807) is 0 Å². The number of anilines is 1. The van der Waals surface area contributed by atoms with E-state index < -0.39 is 42.0 Å². The van der Waals surface area contributed by atoms with Gasteiger partial charge in [-0.05, 0) is 30.5 Å². The lowest BCUT2D eigenvalue weighted by Crippen LogP contribution is -2.45. The minimum atomic E-state index is -4.55. The SMILES string of the molecule is CN1C(=O)C(=O)N(CC(=O)N2CCCc3c2cccc3C(F)(F)F)C1=O. The Hall–Kier alpha value is -2.91. The average Bonchev–Trinajstić information content (AvgIpc) is 2.77. The third-order valence-corrected chi connectivity index (χ3v) is 4.40. The zero-order chi connectivity index (χ0) is 19.2. The van der Waals surface area contributed by atoms with Gasteiger partial charge in [-0.2, -0.15) is 13.2 Å². The van der Waals surface area contributed by atoms with Gasteiger partial charge in [0.1, 0.15) is 6.54 Å². The summed E-state index contributed by atoms with van der Waals surface area (Å²) in [6.45, 7) is -0.545. The molecule has 10 heteroatoms. The van der Waals surface area contributed by atoms with Crippen molar-refractivity contribution >= 4 is 29.4 Å². The van der Waals surface area contributed by atoms with E-state index in [0.717, 1.165) is 18.0 Å². The van der Waals surface area contributed by atoms with Crippen molar-refractivity contribution < 1.29 is 32.3 Å². The normalized spacial score (nSPS) is 17.8. The molecule has 1 aromatic carbocycles. The van der Waals surface area contributed by atoms with Crippen LogP contribution in [0, 0.1) is 0 Å². The molecule has 7 nitrogen and oxygen atoms in total. The van der Waals surface area contributed by atoms with Crippen molar-refractivity contribution in [2.75, 3.05) is 25.0 Å². The monoisotopic (exact) mass is 369 g/mol. The largest absolute Gasteiger partial charge is 0.416 e. The molecular formula is C16H14F3N3O4. The molecule has 1 aromatic rings.